The van der Waals surface area contributed by atoms with Crippen LogP contribution in [0.15, 0.2) is 24.3 Å². The Balaban J connectivity index is 1.95. The molecule has 108 valence electrons. The van der Waals surface area contributed by atoms with Crippen molar-refractivity contribution in [2.24, 2.45) is 5.92 Å². The van der Waals surface area contributed by atoms with Gasteiger partial charge in [0.2, 0.25) is 0 Å². The number of fused-ring (bicyclic) bond motifs is 2. The summed E-state index contributed by atoms with van der Waals surface area (Å²) in [5.41, 5.74) is 2.66. The molecule has 0 radical (unpaired) electrons. The second-order valence-electron chi connectivity index (χ2n) is 6.56. The van der Waals surface area contributed by atoms with Crippen LogP contribution in [0.25, 0.3) is 0 Å². The lowest BCUT2D eigenvalue weighted by molar-refractivity contribution is -0.126. The standard InChI is InChI=1S/C18H25NO/c1-4-17(20)18-15(13-7-5-12(2)6-8-13)11-14-9-10-16(18)19(14)3/h5-8,14-16,18H,4,9-11H2,1-3H3/t14?,15?,16?,18-/m0/s1. The molecule has 4 atom stereocenters. The number of hydrogen-bond donors (Lipinski definition) is 0. The van der Waals surface area contributed by atoms with Crippen LogP contribution in [0.1, 0.15) is 49.7 Å². The molecule has 0 amide bonds. The van der Waals surface area contributed by atoms with E-state index in [9.17, 15) is 4.79 Å². The van der Waals surface area contributed by atoms with Crippen LogP contribution >= 0.6 is 0 Å². The highest BCUT2D eigenvalue weighted by atomic mass is 16.1. The number of benzene rings is 1. The summed E-state index contributed by atoms with van der Waals surface area (Å²) < 4.78 is 0. The zero-order chi connectivity index (χ0) is 14.3. The molecule has 0 spiro atoms. The molecule has 20 heavy (non-hydrogen) atoms. The van der Waals surface area contributed by atoms with Crippen LogP contribution in [0, 0.1) is 12.8 Å². The van der Waals surface area contributed by atoms with E-state index in [2.05, 4.69) is 43.1 Å². The van der Waals surface area contributed by atoms with Gasteiger partial charge in [-0.25, -0.2) is 0 Å². The van der Waals surface area contributed by atoms with E-state index in [-0.39, 0.29) is 5.92 Å². The van der Waals surface area contributed by atoms with Crippen LogP contribution in [0.2, 0.25) is 0 Å². The first-order valence-electron chi connectivity index (χ1n) is 7.93. The maximum atomic E-state index is 12.5. The zero-order valence-electron chi connectivity index (χ0n) is 12.8. The predicted octanol–water partition coefficient (Wildman–Crippen LogP) is 3.54. The second kappa shape index (κ2) is 5.33. The Hall–Kier alpha value is -1.15. The molecule has 0 aromatic heterocycles. The summed E-state index contributed by atoms with van der Waals surface area (Å²) >= 11 is 0. The van der Waals surface area contributed by atoms with Crippen molar-refractivity contribution >= 4 is 5.78 Å². The van der Waals surface area contributed by atoms with Crippen LogP contribution in [0.4, 0.5) is 0 Å². The lowest BCUT2D eigenvalue weighted by Gasteiger charge is -2.42. The van der Waals surface area contributed by atoms with Crippen molar-refractivity contribution in [1.82, 2.24) is 4.90 Å². The largest absolute Gasteiger partial charge is 0.300 e. The number of ketones is 1. The van der Waals surface area contributed by atoms with Gasteiger partial charge in [0.15, 0.2) is 0 Å². The highest BCUT2D eigenvalue weighted by Gasteiger charge is 2.48. The smallest absolute Gasteiger partial charge is 0.137 e. The SMILES string of the molecule is CCC(=O)[C@H]1C(c2ccc(C)cc2)CC2CCC1N2C. The van der Waals surface area contributed by atoms with Crippen LogP contribution in [0.3, 0.4) is 0 Å². The summed E-state index contributed by atoms with van der Waals surface area (Å²) in [4.78, 5) is 15.0. The van der Waals surface area contributed by atoms with Crippen LogP contribution < -0.4 is 0 Å². The monoisotopic (exact) mass is 271 g/mol. The van der Waals surface area contributed by atoms with Gasteiger partial charge in [0.1, 0.15) is 5.78 Å². The second-order valence-corrected chi connectivity index (χ2v) is 6.56. The molecule has 2 fully saturated rings. The molecule has 2 heteroatoms. The number of piperidine rings is 1. The molecule has 2 nitrogen and oxygen atoms in total. The van der Waals surface area contributed by atoms with Crippen LogP contribution in [-0.2, 0) is 4.79 Å². The minimum Gasteiger partial charge on any atom is -0.300 e. The molecule has 0 aliphatic carbocycles. The highest BCUT2D eigenvalue weighted by Crippen LogP contribution is 2.46. The number of carbonyl (C=O) groups is 1. The third-order valence-corrected chi connectivity index (χ3v) is 5.49. The molecule has 1 aromatic rings. The fourth-order valence-corrected chi connectivity index (χ4v) is 4.30. The van der Waals surface area contributed by atoms with Crippen molar-refractivity contribution in [3.8, 4) is 0 Å². The summed E-state index contributed by atoms with van der Waals surface area (Å²) in [5, 5.41) is 0. The molecule has 2 aliphatic rings. The van der Waals surface area contributed by atoms with E-state index >= 15 is 0 Å². The normalized spacial score (nSPS) is 33.4. The summed E-state index contributed by atoms with van der Waals surface area (Å²) in [7, 11) is 2.21. The molecule has 2 heterocycles. The van der Waals surface area contributed by atoms with E-state index in [0.29, 0.717) is 30.2 Å². The van der Waals surface area contributed by atoms with Crippen molar-refractivity contribution in [2.75, 3.05) is 7.05 Å². The predicted molar refractivity (Wildman–Crippen MR) is 81.9 cm³/mol. The van der Waals surface area contributed by atoms with E-state index in [1.807, 2.05) is 6.92 Å². The zero-order valence-corrected chi connectivity index (χ0v) is 12.8. The molecular weight excluding hydrogens is 246 g/mol. The fraction of sp³-hybridized carbons (Fsp3) is 0.611. The molecule has 2 bridgehead atoms. The Kier molecular flexibility index (Phi) is 3.68. The number of Topliss-reactive ketones (excluding diaryl/α,β-unsaturated/α-hetero) is 1. The quantitative estimate of drug-likeness (QED) is 0.838. The van der Waals surface area contributed by atoms with Gasteiger partial charge in [-0.15, -0.1) is 0 Å². The Labute approximate surface area is 122 Å². The third-order valence-electron chi connectivity index (χ3n) is 5.49. The molecule has 2 saturated heterocycles. The maximum Gasteiger partial charge on any atom is 0.137 e. The Bertz CT molecular complexity index is 493. The van der Waals surface area contributed by atoms with Crippen molar-refractivity contribution < 1.29 is 4.79 Å². The number of aryl methyl sites for hydroxylation is 1. The van der Waals surface area contributed by atoms with Gasteiger partial charge in [-0.3, -0.25) is 9.69 Å². The summed E-state index contributed by atoms with van der Waals surface area (Å²) in [5.74, 6) is 1.08. The number of carbonyl (C=O) groups excluding carboxylic acids is 1. The van der Waals surface area contributed by atoms with Crippen LogP contribution in [-0.4, -0.2) is 29.8 Å². The Morgan fingerprint density at radius 3 is 2.60 bits per heavy atom. The first-order chi connectivity index (χ1) is 9.61. The topological polar surface area (TPSA) is 20.3 Å². The lowest BCUT2D eigenvalue weighted by atomic mass is 9.73. The molecule has 2 aliphatic heterocycles. The van der Waals surface area contributed by atoms with Crippen molar-refractivity contribution in [3.63, 3.8) is 0 Å². The summed E-state index contributed by atoms with van der Waals surface area (Å²) in [6.45, 7) is 4.13. The number of rotatable bonds is 3. The van der Waals surface area contributed by atoms with Gasteiger partial charge in [0.25, 0.3) is 0 Å². The van der Waals surface area contributed by atoms with Gasteiger partial charge in [-0.2, -0.15) is 0 Å². The van der Waals surface area contributed by atoms with E-state index in [1.54, 1.807) is 0 Å². The van der Waals surface area contributed by atoms with E-state index in [4.69, 9.17) is 0 Å². The molecule has 0 saturated carbocycles. The molecule has 3 unspecified atom stereocenters. The molecule has 3 rings (SSSR count). The van der Waals surface area contributed by atoms with Crippen molar-refractivity contribution in [3.05, 3.63) is 35.4 Å². The van der Waals surface area contributed by atoms with Gasteiger partial charge in [-0.05, 0) is 44.7 Å². The van der Waals surface area contributed by atoms with Gasteiger partial charge < -0.3 is 0 Å². The average molecular weight is 271 g/mol. The maximum absolute atomic E-state index is 12.5. The fourth-order valence-electron chi connectivity index (χ4n) is 4.30. The van der Waals surface area contributed by atoms with Gasteiger partial charge in [0.05, 0.1) is 0 Å². The summed E-state index contributed by atoms with van der Waals surface area (Å²) in [6.07, 6.45) is 4.27. The molecule has 1 aromatic carbocycles. The van der Waals surface area contributed by atoms with Gasteiger partial charge >= 0.3 is 0 Å². The number of nitrogens with zero attached hydrogens (tertiary/aromatic N) is 1. The Morgan fingerprint density at radius 1 is 1.25 bits per heavy atom. The Morgan fingerprint density at radius 2 is 1.95 bits per heavy atom. The minimum absolute atomic E-state index is 0.200. The minimum atomic E-state index is 0.200. The highest BCUT2D eigenvalue weighted by molar-refractivity contribution is 5.82. The van der Waals surface area contributed by atoms with Crippen molar-refractivity contribution in [2.45, 2.75) is 57.5 Å². The first kappa shape index (κ1) is 13.8. The van der Waals surface area contributed by atoms with E-state index < -0.39 is 0 Å². The molecule has 0 N–H and O–H groups in total. The van der Waals surface area contributed by atoms with Gasteiger partial charge in [0, 0.05) is 24.4 Å². The van der Waals surface area contributed by atoms with Crippen LogP contribution in [0.5, 0.6) is 0 Å². The third kappa shape index (κ3) is 2.20. The molecular formula is C18H25NO. The average Bonchev–Trinajstić information content (AvgIpc) is 2.70. The van der Waals surface area contributed by atoms with Gasteiger partial charge in [-0.1, -0.05) is 36.8 Å². The lowest BCUT2D eigenvalue weighted by Crippen LogP contribution is -2.48. The van der Waals surface area contributed by atoms with E-state index in [1.165, 1.54) is 24.0 Å². The van der Waals surface area contributed by atoms with E-state index in [0.717, 1.165) is 6.42 Å². The van der Waals surface area contributed by atoms with Crippen molar-refractivity contribution in [1.29, 1.82) is 0 Å². The summed E-state index contributed by atoms with van der Waals surface area (Å²) in [6, 6.07) is 9.98. The number of hydrogen-bond acceptors (Lipinski definition) is 2. The first-order valence-corrected chi connectivity index (χ1v) is 7.93.